The SMILES string of the molecule is Cc1ccc2c(N3CCN(C)CC3)c(C#N)c(=O)oc2c1. The molecule has 2 heterocycles. The molecule has 2 aromatic rings. The number of rotatable bonds is 1. The van der Waals surface area contributed by atoms with Crippen LogP contribution >= 0.6 is 0 Å². The fourth-order valence-electron chi connectivity index (χ4n) is 2.75. The number of aryl methyl sites for hydroxylation is 1. The molecule has 3 rings (SSSR count). The molecule has 108 valence electrons. The van der Waals surface area contributed by atoms with E-state index in [0.717, 1.165) is 42.8 Å². The third-order valence-corrected chi connectivity index (χ3v) is 3.97. The van der Waals surface area contributed by atoms with Gasteiger partial charge in [0.1, 0.15) is 11.7 Å². The fraction of sp³-hybridized carbons (Fsp3) is 0.375. The molecule has 21 heavy (non-hydrogen) atoms. The topological polar surface area (TPSA) is 60.5 Å². The minimum Gasteiger partial charge on any atom is -0.422 e. The number of likely N-dealkylation sites (N-methyl/N-ethyl adjacent to an activating group) is 1. The monoisotopic (exact) mass is 283 g/mol. The summed E-state index contributed by atoms with van der Waals surface area (Å²) in [6, 6.07) is 7.77. The molecular weight excluding hydrogens is 266 g/mol. The maximum Gasteiger partial charge on any atom is 0.356 e. The number of nitriles is 1. The van der Waals surface area contributed by atoms with Gasteiger partial charge in [0.2, 0.25) is 0 Å². The zero-order chi connectivity index (χ0) is 15.0. The molecule has 1 saturated heterocycles. The third-order valence-electron chi connectivity index (χ3n) is 3.97. The Kier molecular flexibility index (Phi) is 3.40. The van der Waals surface area contributed by atoms with Crippen LogP contribution in [0.25, 0.3) is 11.0 Å². The highest BCUT2D eigenvalue weighted by Crippen LogP contribution is 2.29. The molecule has 0 radical (unpaired) electrons. The van der Waals surface area contributed by atoms with Crippen LogP contribution < -0.4 is 10.5 Å². The maximum absolute atomic E-state index is 12.1. The van der Waals surface area contributed by atoms with Gasteiger partial charge in [0.25, 0.3) is 0 Å². The van der Waals surface area contributed by atoms with Crippen molar-refractivity contribution in [2.45, 2.75) is 6.92 Å². The van der Waals surface area contributed by atoms with Crippen LogP contribution in [-0.2, 0) is 0 Å². The molecule has 0 aliphatic carbocycles. The van der Waals surface area contributed by atoms with Gasteiger partial charge in [-0.25, -0.2) is 4.79 Å². The van der Waals surface area contributed by atoms with Crippen molar-refractivity contribution >= 4 is 16.7 Å². The standard InChI is InChI=1S/C16H17N3O2/c1-11-3-4-12-14(9-11)21-16(20)13(10-17)15(12)19-7-5-18(2)6-8-19/h3-4,9H,5-8H2,1-2H3. The number of piperazine rings is 1. The minimum atomic E-state index is -0.551. The van der Waals surface area contributed by atoms with Crippen LogP contribution in [0.1, 0.15) is 11.1 Å². The van der Waals surface area contributed by atoms with Gasteiger partial charge in [0.05, 0.1) is 5.69 Å². The quantitative estimate of drug-likeness (QED) is 0.746. The van der Waals surface area contributed by atoms with Gasteiger partial charge in [-0.1, -0.05) is 6.07 Å². The number of nitrogens with zero attached hydrogens (tertiary/aromatic N) is 3. The van der Waals surface area contributed by atoms with Crippen molar-refractivity contribution < 1.29 is 4.42 Å². The highest BCUT2D eigenvalue weighted by atomic mass is 16.4. The van der Waals surface area contributed by atoms with Gasteiger partial charge in [0.15, 0.2) is 5.56 Å². The Morgan fingerprint density at radius 3 is 2.62 bits per heavy atom. The lowest BCUT2D eigenvalue weighted by atomic mass is 10.1. The average Bonchev–Trinajstić information content (AvgIpc) is 2.46. The summed E-state index contributed by atoms with van der Waals surface area (Å²) in [5.41, 5.74) is 1.85. The van der Waals surface area contributed by atoms with E-state index in [2.05, 4.69) is 16.8 Å². The minimum absolute atomic E-state index is 0.107. The molecule has 0 bridgehead atoms. The van der Waals surface area contributed by atoms with E-state index in [1.54, 1.807) is 0 Å². The molecule has 1 aliphatic heterocycles. The van der Waals surface area contributed by atoms with Gasteiger partial charge >= 0.3 is 5.63 Å². The second-order valence-corrected chi connectivity index (χ2v) is 5.51. The van der Waals surface area contributed by atoms with Crippen LogP contribution in [0, 0.1) is 18.3 Å². The van der Waals surface area contributed by atoms with E-state index >= 15 is 0 Å². The predicted octanol–water partition coefficient (Wildman–Crippen LogP) is 1.72. The summed E-state index contributed by atoms with van der Waals surface area (Å²) < 4.78 is 5.30. The zero-order valence-electron chi connectivity index (χ0n) is 12.2. The third kappa shape index (κ3) is 2.39. The number of anilines is 1. The summed E-state index contributed by atoms with van der Waals surface area (Å²) in [5, 5.41) is 10.2. The molecule has 1 fully saturated rings. The molecule has 5 heteroatoms. The molecule has 1 aliphatic rings. The first kappa shape index (κ1) is 13.7. The van der Waals surface area contributed by atoms with Crippen LogP contribution in [0.15, 0.2) is 27.4 Å². The maximum atomic E-state index is 12.1. The lowest BCUT2D eigenvalue weighted by Gasteiger charge is -2.34. The first-order valence-electron chi connectivity index (χ1n) is 7.01. The summed E-state index contributed by atoms with van der Waals surface area (Å²) in [5.74, 6) is 0. The van der Waals surface area contributed by atoms with E-state index in [1.807, 2.05) is 31.2 Å². The predicted molar refractivity (Wildman–Crippen MR) is 81.6 cm³/mol. The zero-order valence-corrected chi connectivity index (χ0v) is 12.2. The van der Waals surface area contributed by atoms with Crippen molar-refractivity contribution in [1.29, 1.82) is 5.26 Å². The lowest BCUT2D eigenvalue weighted by molar-refractivity contribution is 0.313. The van der Waals surface area contributed by atoms with Crippen LogP contribution in [0.3, 0.4) is 0 Å². The first-order valence-corrected chi connectivity index (χ1v) is 7.01. The number of hydrogen-bond donors (Lipinski definition) is 0. The summed E-state index contributed by atoms with van der Waals surface area (Å²) in [4.78, 5) is 16.4. The molecule has 5 nitrogen and oxygen atoms in total. The van der Waals surface area contributed by atoms with E-state index in [4.69, 9.17) is 4.42 Å². The van der Waals surface area contributed by atoms with Gasteiger partial charge in [0, 0.05) is 31.6 Å². The van der Waals surface area contributed by atoms with Crippen molar-refractivity contribution in [2.75, 3.05) is 38.1 Å². The van der Waals surface area contributed by atoms with Gasteiger partial charge < -0.3 is 14.2 Å². The highest BCUT2D eigenvalue weighted by Gasteiger charge is 2.22. The lowest BCUT2D eigenvalue weighted by Crippen LogP contribution is -2.45. The van der Waals surface area contributed by atoms with E-state index in [-0.39, 0.29) is 5.56 Å². The number of benzene rings is 1. The molecule has 0 saturated carbocycles. The van der Waals surface area contributed by atoms with Crippen LogP contribution in [0.4, 0.5) is 5.69 Å². The molecule has 1 aromatic carbocycles. The second-order valence-electron chi connectivity index (χ2n) is 5.51. The number of hydrogen-bond acceptors (Lipinski definition) is 5. The molecule has 0 amide bonds. The summed E-state index contributed by atoms with van der Waals surface area (Å²) in [6.07, 6.45) is 0. The number of fused-ring (bicyclic) bond motifs is 1. The van der Waals surface area contributed by atoms with Crippen LogP contribution in [0.2, 0.25) is 0 Å². The van der Waals surface area contributed by atoms with Crippen molar-refractivity contribution in [2.24, 2.45) is 0 Å². The van der Waals surface area contributed by atoms with E-state index in [9.17, 15) is 10.1 Å². The van der Waals surface area contributed by atoms with Gasteiger partial charge in [-0.15, -0.1) is 0 Å². The largest absolute Gasteiger partial charge is 0.422 e. The Balaban J connectivity index is 2.23. The van der Waals surface area contributed by atoms with Crippen LogP contribution in [-0.4, -0.2) is 38.1 Å². The van der Waals surface area contributed by atoms with Crippen molar-refractivity contribution in [1.82, 2.24) is 4.90 Å². The molecule has 0 unspecified atom stereocenters. The second kappa shape index (κ2) is 5.23. The molecule has 0 atom stereocenters. The van der Waals surface area contributed by atoms with Gasteiger partial charge in [-0.05, 0) is 31.7 Å². The fourth-order valence-corrected chi connectivity index (χ4v) is 2.75. The normalized spacial score (nSPS) is 16.1. The summed E-state index contributed by atoms with van der Waals surface area (Å²) in [7, 11) is 2.07. The van der Waals surface area contributed by atoms with Crippen LogP contribution in [0.5, 0.6) is 0 Å². The van der Waals surface area contributed by atoms with E-state index in [0.29, 0.717) is 5.58 Å². The molecular formula is C16H17N3O2. The van der Waals surface area contributed by atoms with Crippen molar-refractivity contribution in [3.63, 3.8) is 0 Å². The Bertz CT molecular complexity index is 780. The molecule has 0 spiro atoms. The van der Waals surface area contributed by atoms with E-state index in [1.165, 1.54) is 0 Å². The Labute approximate surface area is 123 Å². The van der Waals surface area contributed by atoms with Crippen molar-refractivity contribution in [3.8, 4) is 6.07 Å². The Morgan fingerprint density at radius 2 is 1.95 bits per heavy atom. The van der Waals surface area contributed by atoms with Gasteiger partial charge in [-0.3, -0.25) is 0 Å². The van der Waals surface area contributed by atoms with Crippen molar-refractivity contribution in [3.05, 3.63) is 39.7 Å². The highest BCUT2D eigenvalue weighted by molar-refractivity contribution is 5.93. The Morgan fingerprint density at radius 1 is 1.24 bits per heavy atom. The smallest absolute Gasteiger partial charge is 0.356 e. The first-order chi connectivity index (χ1) is 10.1. The van der Waals surface area contributed by atoms with E-state index < -0.39 is 5.63 Å². The average molecular weight is 283 g/mol. The Hall–Kier alpha value is -2.32. The van der Waals surface area contributed by atoms with Gasteiger partial charge in [-0.2, -0.15) is 5.26 Å². The summed E-state index contributed by atoms with van der Waals surface area (Å²) >= 11 is 0. The molecule has 1 aromatic heterocycles. The summed E-state index contributed by atoms with van der Waals surface area (Å²) in [6.45, 7) is 5.39. The molecule has 0 N–H and O–H groups in total.